The number of hydrogen-bond acceptors (Lipinski definition) is 3. The van der Waals surface area contributed by atoms with E-state index in [4.69, 9.17) is 32.7 Å². The Labute approximate surface area is 124 Å². The van der Waals surface area contributed by atoms with Crippen molar-refractivity contribution in [3.8, 4) is 0 Å². The van der Waals surface area contributed by atoms with E-state index < -0.39 is 11.9 Å². The van der Waals surface area contributed by atoms with Crippen molar-refractivity contribution in [2.24, 2.45) is 0 Å². The Balaban J connectivity index is 2.41. The summed E-state index contributed by atoms with van der Waals surface area (Å²) in [4.78, 5) is 23.2. The molecule has 0 fully saturated rings. The van der Waals surface area contributed by atoms with Crippen molar-refractivity contribution in [1.29, 1.82) is 0 Å². The smallest absolute Gasteiger partial charge is 0.339 e. The first-order chi connectivity index (χ1) is 9.40. The number of amides is 1. The Morgan fingerprint density at radius 1 is 1.15 bits per heavy atom. The molecule has 0 aliphatic heterocycles. The zero-order valence-corrected chi connectivity index (χ0v) is 11.7. The topological polar surface area (TPSA) is 79.5 Å². The lowest BCUT2D eigenvalue weighted by molar-refractivity contribution is 0.0698. The molecule has 1 aromatic heterocycles. The third-order valence-electron chi connectivity index (χ3n) is 2.52. The fourth-order valence-electron chi connectivity index (χ4n) is 1.61. The molecule has 2 N–H and O–H groups in total. The van der Waals surface area contributed by atoms with Gasteiger partial charge in [-0.1, -0.05) is 23.2 Å². The standard InChI is InChI=1S/C13H9Cl2NO4/c1-6-2-5-9(20-6)12(17)16-11-8(15)4-3-7(14)10(11)13(18)19/h2-5H,1H3,(H,16,17)(H,18,19). The molecule has 0 atom stereocenters. The maximum atomic E-state index is 12.0. The SMILES string of the molecule is Cc1ccc(C(=O)Nc2c(Cl)ccc(Cl)c2C(=O)O)o1. The van der Waals surface area contributed by atoms with Crippen molar-refractivity contribution < 1.29 is 19.1 Å². The number of carbonyl (C=O) groups excluding carboxylic acids is 1. The van der Waals surface area contributed by atoms with Gasteiger partial charge >= 0.3 is 5.97 Å². The Morgan fingerprint density at radius 3 is 2.35 bits per heavy atom. The first-order valence-corrected chi connectivity index (χ1v) is 6.25. The molecule has 2 rings (SSSR count). The number of furan rings is 1. The number of aryl methyl sites for hydroxylation is 1. The van der Waals surface area contributed by atoms with Crippen LogP contribution in [0.1, 0.15) is 26.7 Å². The molecule has 0 unspecified atom stereocenters. The zero-order chi connectivity index (χ0) is 14.9. The summed E-state index contributed by atoms with van der Waals surface area (Å²) in [6.45, 7) is 1.69. The third-order valence-corrected chi connectivity index (χ3v) is 3.15. The number of aromatic carboxylic acids is 1. The van der Waals surface area contributed by atoms with E-state index in [1.54, 1.807) is 13.0 Å². The van der Waals surface area contributed by atoms with E-state index in [2.05, 4.69) is 5.32 Å². The molecule has 0 saturated carbocycles. The number of carboxylic acids is 1. The van der Waals surface area contributed by atoms with Crippen molar-refractivity contribution in [3.63, 3.8) is 0 Å². The summed E-state index contributed by atoms with van der Waals surface area (Å²) in [6.07, 6.45) is 0. The maximum absolute atomic E-state index is 12.0. The van der Waals surface area contributed by atoms with Gasteiger partial charge in [0.2, 0.25) is 0 Å². The number of benzene rings is 1. The Hall–Kier alpha value is -1.98. The first kappa shape index (κ1) is 14.4. The molecule has 5 nitrogen and oxygen atoms in total. The summed E-state index contributed by atoms with van der Waals surface area (Å²) in [5.74, 6) is -1.28. The number of hydrogen-bond donors (Lipinski definition) is 2. The van der Waals surface area contributed by atoms with E-state index in [1.165, 1.54) is 18.2 Å². The van der Waals surface area contributed by atoms with Crippen LogP contribution in [0.5, 0.6) is 0 Å². The van der Waals surface area contributed by atoms with Crippen molar-refractivity contribution >= 4 is 40.8 Å². The number of carboxylic acid groups (broad SMARTS) is 1. The minimum atomic E-state index is -1.29. The Bertz CT molecular complexity index is 694. The van der Waals surface area contributed by atoms with Gasteiger partial charge in [-0.25, -0.2) is 4.79 Å². The van der Waals surface area contributed by atoms with Gasteiger partial charge in [0.05, 0.1) is 15.7 Å². The van der Waals surface area contributed by atoms with Crippen LogP contribution < -0.4 is 5.32 Å². The lowest BCUT2D eigenvalue weighted by Crippen LogP contribution is -2.15. The van der Waals surface area contributed by atoms with E-state index >= 15 is 0 Å². The van der Waals surface area contributed by atoms with Crippen LogP contribution in [0, 0.1) is 6.92 Å². The molecule has 2 aromatic rings. The van der Waals surface area contributed by atoms with E-state index in [1.807, 2.05) is 0 Å². The summed E-state index contributed by atoms with van der Waals surface area (Å²) in [5.41, 5.74) is -0.332. The van der Waals surface area contributed by atoms with Crippen LogP contribution in [0.25, 0.3) is 0 Å². The van der Waals surface area contributed by atoms with E-state index in [-0.39, 0.29) is 27.1 Å². The van der Waals surface area contributed by atoms with Crippen LogP contribution in [-0.4, -0.2) is 17.0 Å². The third kappa shape index (κ3) is 2.79. The lowest BCUT2D eigenvalue weighted by atomic mass is 10.1. The molecule has 104 valence electrons. The second kappa shape index (κ2) is 5.56. The molecule has 0 bridgehead atoms. The zero-order valence-electron chi connectivity index (χ0n) is 10.2. The highest BCUT2D eigenvalue weighted by atomic mass is 35.5. The molecule has 0 aliphatic carbocycles. The number of rotatable bonds is 3. The fourth-order valence-corrected chi connectivity index (χ4v) is 2.06. The highest BCUT2D eigenvalue weighted by molar-refractivity contribution is 6.38. The summed E-state index contributed by atoms with van der Waals surface area (Å²) >= 11 is 11.7. The highest BCUT2D eigenvalue weighted by Crippen LogP contribution is 2.32. The second-order valence-electron chi connectivity index (χ2n) is 3.95. The summed E-state index contributed by atoms with van der Waals surface area (Å²) in [7, 11) is 0. The van der Waals surface area contributed by atoms with E-state index in [9.17, 15) is 9.59 Å². The highest BCUT2D eigenvalue weighted by Gasteiger charge is 2.21. The predicted molar refractivity (Wildman–Crippen MR) is 74.8 cm³/mol. The molecule has 1 heterocycles. The molecule has 0 spiro atoms. The number of anilines is 1. The van der Waals surface area contributed by atoms with Crippen molar-refractivity contribution in [3.05, 3.63) is 51.4 Å². The Kier molecular flexibility index (Phi) is 4.01. The average molecular weight is 314 g/mol. The first-order valence-electron chi connectivity index (χ1n) is 5.49. The van der Waals surface area contributed by atoms with Crippen LogP contribution in [0.4, 0.5) is 5.69 Å². The number of carbonyl (C=O) groups is 2. The molecule has 1 amide bonds. The van der Waals surface area contributed by atoms with Crippen molar-refractivity contribution in [2.45, 2.75) is 6.92 Å². The van der Waals surface area contributed by atoms with Gasteiger partial charge in [0.1, 0.15) is 11.3 Å². The van der Waals surface area contributed by atoms with Crippen LogP contribution in [-0.2, 0) is 0 Å². The quantitative estimate of drug-likeness (QED) is 0.902. The van der Waals surface area contributed by atoms with Crippen LogP contribution >= 0.6 is 23.2 Å². The van der Waals surface area contributed by atoms with Gasteiger partial charge in [0.25, 0.3) is 5.91 Å². The van der Waals surface area contributed by atoms with Crippen molar-refractivity contribution in [2.75, 3.05) is 5.32 Å². The van der Waals surface area contributed by atoms with Crippen molar-refractivity contribution in [1.82, 2.24) is 0 Å². The summed E-state index contributed by atoms with van der Waals surface area (Å²) in [6, 6.07) is 5.84. The van der Waals surface area contributed by atoms with Crippen LogP contribution in [0.3, 0.4) is 0 Å². The molecular weight excluding hydrogens is 305 g/mol. The molecule has 0 aliphatic rings. The number of nitrogens with one attached hydrogen (secondary N) is 1. The minimum absolute atomic E-state index is 0.0205. The van der Waals surface area contributed by atoms with Gasteiger partial charge < -0.3 is 14.8 Å². The predicted octanol–water partition coefficient (Wildman–Crippen LogP) is 3.85. The molecule has 7 heteroatoms. The summed E-state index contributed by atoms with van der Waals surface area (Å²) < 4.78 is 5.15. The molecule has 0 saturated heterocycles. The van der Waals surface area contributed by atoms with E-state index in [0.29, 0.717) is 5.76 Å². The monoisotopic (exact) mass is 313 g/mol. The Morgan fingerprint density at radius 2 is 1.80 bits per heavy atom. The minimum Gasteiger partial charge on any atom is -0.478 e. The van der Waals surface area contributed by atoms with Crippen LogP contribution in [0.2, 0.25) is 10.0 Å². The van der Waals surface area contributed by atoms with Gasteiger partial charge in [-0.3, -0.25) is 4.79 Å². The van der Waals surface area contributed by atoms with Gasteiger partial charge in [0, 0.05) is 0 Å². The van der Waals surface area contributed by atoms with Gasteiger partial charge in [-0.15, -0.1) is 0 Å². The average Bonchev–Trinajstić information content (AvgIpc) is 2.80. The molecular formula is C13H9Cl2NO4. The molecule has 20 heavy (non-hydrogen) atoms. The lowest BCUT2D eigenvalue weighted by Gasteiger charge is -2.10. The van der Waals surface area contributed by atoms with E-state index in [0.717, 1.165) is 0 Å². The van der Waals surface area contributed by atoms with Gasteiger partial charge in [0.15, 0.2) is 5.76 Å². The van der Waals surface area contributed by atoms with Crippen LogP contribution in [0.15, 0.2) is 28.7 Å². The van der Waals surface area contributed by atoms with Gasteiger partial charge in [-0.2, -0.15) is 0 Å². The maximum Gasteiger partial charge on any atom is 0.339 e. The molecule has 1 aromatic carbocycles. The molecule has 0 radical (unpaired) electrons. The number of halogens is 2. The fraction of sp³-hybridized carbons (Fsp3) is 0.0769. The summed E-state index contributed by atoms with van der Waals surface area (Å²) in [5, 5.41) is 11.6. The van der Waals surface area contributed by atoms with Gasteiger partial charge in [-0.05, 0) is 31.2 Å². The second-order valence-corrected chi connectivity index (χ2v) is 4.76. The largest absolute Gasteiger partial charge is 0.478 e. The normalized spacial score (nSPS) is 10.3.